The lowest BCUT2D eigenvalue weighted by atomic mass is 10.2. The zero-order chi connectivity index (χ0) is 18.3. The van der Waals surface area contributed by atoms with E-state index in [1.165, 1.54) is 0 Å². The third-order valence-corrected chi connectivity index (χ3v) is 3.95. The quantitative estimate of drug-likeness (QED) is 0.611. The Morgan fingerprint density at radius 2 is 2.08 bits per heavy atom. The first-order chi connectivity index (χ1) is 11.1. The van der Waals surface area contributed by atoms with E-state index >= 15 is 0 Å². The maximum atomic E-state index is 12.2. The van der Waals surface area contributed by atoms with Gasteiger partial charge in [0.15, 0.2) is 0 Å². The largest absolute Gasteiger partial charge is 0.462 e. The number of hydrogen-bond donors (Lipinski definition) is 1. The number of rotatable bonds is 3. The van der Waals surface area contributed by atoms with Crippen LogP contribution >= 0.6 is 11.8 Å². The number of nitrogens with one attached hydrogen (secondary N) is 1. The number of thioether (sulfide) groups is 1. The zero-order valence-corrected chi connectivity index (χ0v) is 15.5. The SMILES string of the molecule is CCOC(=O)/C1=C/C[C@H](C)OC(=O)[C@@H](NC(=O)OC(C)(C)C)CS1. The molecule has 0 aromatic heterocycles. The minimum absolute atomic E-state index is 0.148. The molecule has 0 saturated carbocycles. The molecule has 0 aliphatic carbocycles. The van der Waals surface area contributed by atoms with Gasteiger partial charge in [0.25, 0.3) is 0 Å². The molecule has 1 rings (SSSR count). The highest BCUT2D eigenvalue weighted by molar-refractivity contribution is 8.04. The van der Waals surface area contributed by atoms with Gasteiger partial charge in [0.1, 0.15) is 17.7 Å². The van der Waals surface area contributed by atoms with Gasteiger partial charge in [-0.1, -0.05) is 6.08 Å². The molecule has 7 nitrogen and oxygen atoms in total. The van der Waals surface area contributed by atoms with Crippen LogP contribution in [0.15, 0.2) is 11.0 Å². The maximum absolute atomic E-state index is 12.2. The van der Waals surface area contributed by atoms with Crippen LogP contribution in [0.25, 0.3) is 0 Å². The van der Waals surface area contributed by atoms with Crippen molar-refractivity contribution in [1.29, 1.82) is 0 Å². The van der Waals surface area contributed by atoms with Crippen LogP contribution in [0.2, 0.25) is 0 Å². The zero-order valence-electron chi connectivity index (χ0n) is 14.7. The van der Waals surface area contributed by atoms with Gasteiger partial charge in [-0.05, 0) is 34.6 Å². The van der Waals surface area contributed by atoms with Crippen molar-refractivity contribution >= 4 is 29.8 Å². The second-order valence-corrected chi connectivity index (χ2v) is 7.34. The summed E-state index contributed by atoms with van der Waals surface area (Å²) in [4.78, 5) is 36.4. The molecule has 136 valence electrons. The smallest absolute Gasteiger partial charge is 0.408 e. The van der Waals surface area contributed by atoms with Gasteiger partial charge in [0, 0.05) is 12.2 Å². The molecular formula is C16H25NO6S. The number of ether oxygens (including phenoxy) is 3. The van der Waals surface area contributed by atoms with E-state index in [2.05, 4.69) is 5.32 Å². The van der Waals surface area contributed by atoms with Crippen LogP contribution < -0.4 is 5.32 Å². The summed E-state index contributed by atoms with van der Waals surface area (Å²) < 4.78 is 15.4. The third kappa shape index (κ3) is 7.25. The van der Waals surface area contributed by atoms with Crippen molar-refractivity contribution in [2.75, 3.05) is 12.4 Å². The standard InChI is InChI=1S/C16H25NO6S/c1-6-21-14(19)12-8-7-10(2)22-13(18)11(9-24-12)17-15(20)23-16(3,4)5/h8,10-11H,6-7,9H2,1-5H3,(H,17,20)/b12-8-/t10-,11-/m0/s1. The summed E-state index contributed by atoms with van der Waals surface area (Å²) in [5.41, 5.74) is -0.678. The fourth-order valence-corrected chi connectivity index (χ4v) is 2.75. The lowest BCUT2D eigenvalue weighted by molar-refractivity contribution is -0.149. The van der Waals surface area contributed by atoms with E-state index in [-0.39, 0.29) is 12.4 Å². The molecule has 1 N–H and O–H groups in total. The van der Waals surface area contributed by atoms with Crippen LogP contribution in [0.4, 0.5) is 4.79 Å². The van der Waals surface area contributed by atoms with Crippen molar-refractivity contribution in [3.8, 4) is 0 Å². The summed E-state index contributed by atoms with van der Waals surface area (Å²) in [6.07, 6.45) is 0.963. The van der Waals surface area contributed by atoms with E-state index < -0.39 is 35.8 Å². The molecule has 0 saturated heterocycles. The molecule has 0 fully saturated rings. The lowest BCUT2D eigenvalue weighted by Gasteiger charge is -2.23. The number of esters is 2. The van der Waals surface area contributed by atoms with E-state index in [4.69, 9.17) is 14.2 Å². The molecule has 1 heterocycles. The van der Waals surface area contributed by atoms with Gasteiger partial charge >= 0.3 is 18.0 Å². The Morgan fingerprint density at radius 1 is 1.42 bits per heavy atom. The monoisotopic (exact) mass is 359 g/mol. The number of carbonyl (C=O) groups excluding carboxylic acids is 3. The van der Waals surface area contributed by atoms with E-state index in [1.807, 2.05) is 0 Å². The van der Waals surface area contributed by atoms with Gasteiger partial charge in [-0.3, -0.25) is 0 Å². The summed E-state index contributed by atoms with van der Waals surface area (Å²) >= 11 is 1.15. The van der Waals surface area contributed by atoms with Crippen LogP contribution in [0.1, 0.15) is 41.0 Å². The Morgan fingerprint density at radius 3 is 2.67 bits per heavy atom. The van der Waals surface area contributed by atoms with Crippen LogP contribution in [0.5, 0.6) is 0 Å². The van der Waals surface area contributed by atoms with Crippen LogP contribution in [-0.2, 0) is 23.8 Å². The van der Waals surface area contributed by atoms with E-state index in [0.29, 0.717) is 11.3 Å². The lowest BCUT2D eigenvalue weighted by Crippen LogP contribution is -2.46. The number of carbonyl (C=O) groups is 3. The molecular weight excluding hydrogens is 334 g/mol. The van der Waals surface area contributed by atoms with Crippen molar-refractivity contribution in [2.24, 2.45) is 0 Å². The van der Waals surface area contributed by atoms with Gasteiger partial charge in [-0.2, -0.15) is 0 Å². The summed E-state index contributed by atoms with van der Waals surface area (Å²) in [7, 11) is 0. The first-order valence-corrected chi connectivity index (χ1v) is 8.81. The van der Waals surface area contributed by atoms with Gasteiger partial charge in [0.2, 0.25) is 0 Å². The molecule has 0 spiro atoms. The number of alkyl carbamates (subject to hydrolysis) is 1. The second kappa shape index (κ2) is 8.96. The van der Waals surface area contributed by atoms with Gasteiger partial charge in [-0.15, -0.1) is 11.8 Å². The average Bonchev–Trinajstić information content (AvgIpc) is 2.49. The molecule has 0 radical (unpaired) electrons. The molecule has 1 amide bonds. The topological polar surface area (TPSA) is 90.9 Å². The van der Waals surface area contributed by atoms with E-state index in [9.17, 15) is 14.4 Å². The third-order valence-electron chi connectivity index (χ3n) is 2.81. The highest BCUT2D eigenvalue weighted by Gasteiger charge is 2.29. The molecule has 8 heteroatoms. The molecule has 24 heavy (non-hydrogen) atoms. The maximum Gasteiger partial charge on any atom is 0.408 e. The summed E-state index contributed by atoms with van der Waals surface area (Å²) in [6, 6.07) is -0.914. The molecule has 0 bridgehead atoms. The predicted octanol–water partition coefficient (Wildman–Crippen LogP) is 2.40. The molecule has 0 aromatic carbocycles. The fraction of sp³-hybridized carbons (Fsp3) is 0.688. The summed E-state index contributed by atoms with van der Waals surface area (Å²) in [5, 5.41) is 2.50. The number of cyclic esters (lactones) is 1. The van der Waals surface area contributed by atoms with Crippen molar-refractivity contribution in [1.82, 2.24) is 5.32 Å². The van der Waals surface area contributed by atoms with Crippen molar-refractivity contribution < 1.29 is 28.6 Å². The minimum Gasteiger partial charge on any atom is -0.462 e. The Balaban J connectivity index is 2.81. The minimum atomic E-state index is -0.914. The first kappa shape index (κ1) is 20.3. The van der Waals surface area contributed by atoms with Crippen molar-refractivity contribution in [3.63, 3.8) is 0 Å². The Kier molecular flexibility index (Phi) is 7.59. The first-order valence-electron chi connectivity index (χ1n) is 7.82. The molecule has 0 aromatic rings. The van der Waals surface area contributed by atoms with Crippen LogP contribution in [0, 0.1) is 0 Å². The highest BCUT2D eigenvalue weighted by Crippen LogP contribution is 2.23. The molecule has 1 aliphatic rings. The van der Waals surface area contributed by atoms with Crippen LogP contribution in [0.3, 0.4) is 0 Å². The van der Waals surface area contributed by atoms with Gasteiger partial charge < -0.3 is 19.5 Å². The van der Waals surface area contributed by atoms with Crippen LogP contribution in [-0.4, -0.2) is 48.1 Å². The van der Waals surface area contributed by atoms with Gasteiger partial charge in [-0.25, -0.2) is 14.4 Å². The number of hydrogen-bond acceptors (Lipinski definition) is 7. The Hall–Kier alpha value is -1.70. The Bertz CT molecular complexity index is 511. The molecule has 1 aliphatic heterocycles. The van der Waals surface area contributed by atoms with Crippen molar-refractivity contribution in [3.05, 3.63) is 11.0 Å². The summed E-state index contributed by atoms with van der Waals surface area (Å²) in [6.45, 7) is 8.89. The fourth-order valence-electron chi connectivity index (χ4n) is 1.80. The predicted molar refractivity (Wildman–Crippen MR) is 90.5 cm³/mol. The highest BCUT2D eigenvalue weighted by atomic mass is 32.2. The van der Waals surface area contributed by atoms with E-state index in [1.54, 1.807) is 40.7 Å². The Labute approximate surface area is 146 Å². The van der Waals surface area contributed by atoms with Crippen molar-refractivity contribution in [2.45, 2.75) is 58.8 Å². The molecule has 0 unspecified atom stereocenters. The number of amides is 1. The van der Waals surface area contributed by atoms with Gasteiger partial charge in [0.05, 0.1) is 11.5 Å². The summed E-state index contributed by atoms with van der Waals surface area (Å²) in [5.74, 6) is -0.852. The molecule has 2 atom stereocenters. The second-order valence-electron chi connectivity index (χ2n) is 6.28. The van der Waals surface area contributed by atoms with E-state index in [0.717, 1.165) is 11.8 Å². The average molecular weight is 359 g/mol. The normalized spacial score (nSPS) is 24.4.